The summed E-state index contributed by atoms with van der Waals surface area (Å²) in [5.74, 6) is 0.391. The van der Waals surface area contributed by atoms with Crippen LogP contribution in [-0.2, 0) is 0 Å². The standard InChI is InChI=1S/C15H10BrClFNO2/c16-12-7-13(17)14(18)8-15(12)21-5-4-20-11-3-1-2-10(6-11)9-19/h1-3,6-8H,4-5H2. The predicted octanol–water partition coefficient (Wildman–Crippen LogP) is 4.57. The number of nitrogens with zero attached hydrogens (tertiary/aromatic N) is 1. The van der Waals surface area contributed by atoms with Crippen LogP contribution in [0.1, 0.15) is 5.56 Å². The fourth-order valence-electron chi connectivity index (χ4n) is 1.58. The number of halogens is 3. The molecule has 0 bridgehead atoms. The third kappa shape index (κ3) is 4.35. The Morgan fingerprint density at radius 1 is 1.19 bits per heavy atom. The SMILES string of the molecule is N#Cc1cccc(OCCOc2cc(F)c(Cl)cc2Br)c1. The second-order valence-electron chi connectivity index (χ2n) is 4.03. The molecule has 2 aromatic rings. The maximum atomic E-state index is 13.3. The molecule has 3 nitrogen and oxygen atoms in total. The number of hydrogen-bond donors (Lipinski definition) is 0. The first-order valence-electron chi connectivity index (χ1n) is 6.00. The molecule has 0 unspecified atom stereocenters. The second-order valence-corrected chi connectivity index (χ2v) is 5.29. The van der Waals surface area contributed by atoms with Gasteiger partial charge in [0.25, 0.3) is 0 Å². The van der Waals surface area contributed by atoms with E-state index in [-0.39, 0.29) is 18.2 Å². The van der Waals surface area contributed by atoms with Crippen molar-refractivity contribution in [3.63, 3.8) is 0 Å². The smallest absolute Gasteiger partial charge is 0.145 e. The molecule has 0 aliphatic rings. The van der Waals surface area contributed by atoms with E-state index in [9.17, 15) is 4.39 Å². The van der Waals surface area contributed by atoms with E-state index in [0.717, 1.165) is 0 Å². The first-order valence-corrected chi connectivity index (χ1v) is 7.17. The Bertz CT molecular complexity index is 688. The summed E-state index contributed by atoms with van der Waals surface area (Å²) in [7, 11) is 0. The first-order chi connectivity index (χ1) is 10.1. The van der Waals surface area contributed by atoms with Crippen molar-refractivity contribution in [2.45, 2.75) is 0 Å². The van der Waals surface area contributed by atoms with Gasteiger partial charge in [-0.15, -0.1) is 0 Å². The quantitative estimate of drug-likeness (QED) is 0.572. The maximum Gasteiger partial charge on any atom is 0.145 e. The summed E-state index contributed by atoms with van der Waals surface area (Å²) in [6, 6.07) is 11.5. The maximum absolute atomic E-state index is 13.3. The number of ether oxygens (including phenoxy) is 2. The Morgan fingerprint density at radius 3 is 2.71 bits per heavy atom. The van der Waals surface area contributed by atoms with Gasteiger partial charge in [0.15, 0.2) is 0 Å². The van der Waals surface area contributed by atoms with Crippen LogP contribution in [0.25, 0.3) is 0 Å². The number of rotatable bonds is 5. The molecule has 108 valence electrons. The van der Waals surface area contributed by atoms with E-state index < -0.39 is 5.82 Å². The molecule has 0 aliphatic carbocycles. The van der Waals surface area contributed by atoms with Gasteiger partial charge in [-0.3, -0.25) is 0 Å². The molecular weight excluding hydrogens is 361 g/mol. The predicted molar refractivity (Wildman–Crippen MR) is 81.3 cm³/mol. The number of benzene rings is 2. The fourth-order valence-corrected chi connectivity index (χ4v) is 2.33. The van der Waals surface area contributed by atoms with Crippen LogP contribution in [0.3, 0.4) is 0 Å². The molecule has 0 fully saturated rings. The van der Waals surface area contributed by atoms with Crippen LogP contribution < -0.4 is 9.47 Å². The molecule has 0 atom stereocenters. The minimum absolute atomic E-state index is 0.0267. The third-order valence-corrected chi connectivity index (χ3v) is 3.46. The monoisotopic (exact) mass is 369 g/mol. The van der Waals surface area contributed by atoms with Crippen molar-refractivity contribution in [3.05, 3.63) is 57.3 Å². The Labute approximate surface area is 135 Å². The lowest BCUT2D eigenvalue weighted by Gasteiger charge is -2.10. The van der Waals surface area contributed by atoms with Gasteiger partial charge in [-0.2, -0.15) is 5.26 Å². The molecule has 6 heteroatoms. The molecule has 0 aliphatic heterocycles. The molecule has 0 saturated carbocycles. The van der Waals surface area contributed by atoms with Gasteiger partial charge in [0, 0.05) is 6.07 Å². The van der Waals surface area contributed by atoms with Crippen molar-refractivity contribution in [2.75, 3.05) is 13.2 Å². The van der Waals surface area contributed by atoms with E-state index in [0.29, 0.717) is 21.5 Å². The zero-order valence-corrected chi connectivity index (χ0v) is 13.1. The van der Waals surface area contributed by atoms with E-state index >= 15 is 0 Å². The molecule has 2 aromatic carbocycles. The zero-order chi connectivity index (χ0) is 15.2. The average molecular weight is 371 g/mol. The van der Waals surface area contributed by atoms with Crippen LogP contribution in [0.15, 0.2) is 40.9 Å². The van der Waals surface area contributed by atoms with Gasteiger partial charge >= 0.3 is 0 Å². The highest BCUT2D eigenvalue weighted by molar-refractivity contribution is 9.10. The van der Waals surface area contributed by atoms with Crippen LogP contribution in [0, 0.1) is 17.1 Å². The van der Waals surface area contributed by atoms with Crippen LogP contribution in [-0.4, -0.2) is 13.2 Å². The Morgan fingerprint density at radius 2 is 1.95 bits per heavy atom. The summed E-state index contributed by atoms with van der Waals surface area (Å²) in [4.78, 5) is 0. The molecule has 0 radical (unpaired) electrons. The van der Waals surface area contributed by atoms with Crippen LogP contribution in [0.4, 0.5) is 4.39 Å². The summed E-state index contributed by atoms with van der Waals surface area (Å²) in [5.41, 5.74) is 0.524. The number of nitriles is 1. The lowest BCUT2D eigenvalue weighted by molar-refractivity contribution is 0.216. The van der Waals surface area contributed by atoms with Gasteiger partial charge in [0.05, 0.1) is 21.1 Å². The van der Waals surface area contributed by atoms with Crippen LogP contribution in [0.2, 0.25) is 5.02 Å². The van der Waals surface area contributed by atoms with Gasteiger partial charge in [-0.25, -0.2) is 4.39 Å². The molecule has 0 N–H and O–H groups in total. The molecule has 0 spiro atoms. The summed E-state index contributed by atoms with van der Waals surface area (Å²) in [6.07, 6.45) is 0. The fraction of sp³-hybridized carbons (Fsp3) is 0.133. The Hall–Kier alpha value is -1.77. The second kappa shape index (κ2) is 7.30. The van der Waals surface area contributed by atoms with Crippen LogP contribution in [0.5, 0.6) is 11.5 Å². The lowest BCUT2D eigenvalue weighted by atomic mass is 10.2. The minimum atomic E-state index is -0.544. The highest BCUT2D eigenvalue weighted by atomic mass is 79.9. The molecule has 0 amide bonds. The topological polar surface area (TPSA) is 42.2 Å². The molecule has 0 aromatic heterocycles. The van der Waals surface area contributed by atoms with E-state index in [2.05, 4.69) is 15.9 Å². The van der Waals surface area contributed by atoms with E-state index in [1.54, 1.807) is 24.3 Å². The van der Waals surface area contributed by atoms with Gasteiger partial charge in [-0.05, 0) is 40.2 Å². The van der Waals surface area contributed by atoms with Gasteiger partial charge in [0.2, 0.25) is 0 Å². The Balaban J connectivity index is 1.87. The van der Waals surface area contributed by atoms with Crippen molar-refractivity contribution < 1.29 is 13.9 Å². The zero-order valence-electron chi connectivity index (χ0n) is 10.8. The largest absolute Gasteiger partial charge is 0.490 e. The summed E-state index contributed by atoms with van der Waals surface area (Å²) < 4.78 is 24.8. The summed E-state index contributed by atoms with van der Waals surface area (Å²) >= 11 is 8.89. The van der Waals surface area contributed by atoms with Gasteiger partial charge in [0.1, 0.15) is 30.5 Å². The summed E-state index contributed by atoms with van der Waals surface area (Å²) in [6.45, 7) is 0.502. The molecular formula is C15H10BrClFNO2. The first kappa shape index (κ1) is 15.6. The van der Waals surface area contributed by atoms with Crippen LogP contribution >= 0.6 is 27.5 Å². The summed E-state index contributed by atoms with van der Waals surface area (Å²) in [5, 5.41) is 8.81. The van der Waals surface area contributed by atoms with Crippen molar-refractivity contribution in [2.24, 2.45) is 0 Å². The molecule has 2 rings (SSSR count). The van der Waals surface area contributed by atoms with Crippen molar-refractivity contribution in [3.8, 4) is 17.6 Å². The van der Waals surface area contributed by atoms with E-state index in [1.165, 1.54) is 12.1 Å². The van der Waals surface area contributed by atoms with Gasteiger partial charge < -0.3 is 9.47 Å². The Kier molecular flexibility index (Phi) is 5.43. The average Bonchev–Trinajstić information content (AvgIpc) is 2.48. The highest BCUT2D eigenvalue weighted by Gasteiger charge is 2.07. The minimum Gasteiger partial charge on any atom is -0.490 e. The molecule has 0 heterocycles. The normalized spacial score (nSPS) is 10.0. The lowest BCUT2D eigenvalue weighted by Crippen LogP contribution is -2.09. The molecule has 0 saturated heterocycles. The van der Waals surface area contributed by atoms with Crippen molar-refractivity contribution in [1.82, 2.24) is 0 Å². The van der Waals surface area contributed by atoms with E-state index in [1.807, 2.05) is 6.07 Å². The van der Waals surface area contributed by atoms with Crippen molar-refractivity contribution in [1.29, 1.82) is 5.26 Å². The van der Waals surface area contributed by atoms with Gasteiger partial charge in [-0.1, -0.05) is 17.7 Å². The molecule has 21 heavy (non-hydrogen) atoms. The highest BCUT2D eigenvalue weighted by Crippen LogP contribution is 2.30. The third-order valence-electron chi connectivity index (χ3n) is 2.55. The van der Waals surface area contributed by atoms with E-state index in [4.69, 9.17) is 26.3 Å². The van der Waals surface area contributed by atoms with Crippen molar-refractivity contribution >= 4 is 27.5 Å². The number of hydrogen-bond acceptors (Lipinski definition) is 3.